The van der Waals surface area contributed by atoms with Gasteiger partial charge in [0, 0.05) is 0 Å². The maximum Gasteiger partial charge on any atom is 0.249 e. The van der Waals surface area contributed by atoms with E-state index < -0.39 is 11.6 Å². The van der Waals surface area contributed by atoms with E-state index in [-0.39, 0.29) is 11.6 Å². The van der Waals surface area contributed by atoms with E-state index in [1.165, 1.54) is 12.3 Å². The lowest BCUT2D eigenvalue weighted by molar-refractivity contribution is 0.342. The SMILES string of the molecule is CCOc1ccccc1Nc1cnnc(Nc2c(F)cccc2F)n1. The predicted octanol–water partition coefficient (Wildman–Crippen LogP) is 4.04. The Morgan fingerprint density at radius 3 is 2.52 bits per heavy atom. The van der Waals surface area contributed by atoms with Crippen molar-refractivity contribution in [3.8, 4) is 5.75 Å². The van der Waals surface area contributed by atoms with Crippen molar-refractivity contribution in [2.45, 2.75) is 6.92 Å². The zero-order valence-corrected chi connectivity index (χ0v) is 13.3. The first-order chi connectivity index (χ1) is 12.2. The second-order valence-corrected chi connectivity index (χ2v) is 4.94. The van der Waals surface area contributed by atoms with Crippen molar-refractivity contribution >= 4 is 23.1 Å². The number of nitrogens with one attached hydrogen (secondary N) is 2. The summed E-state index contributed by atoms with van der Waals surface area (Å²) in [5, 5.41) is 13.1. The summed E-state index contributed by atoms with van der Waals surface area (Å²) in [6.07, 6.45) is 1.39. The maximum absolute atomic E-state index is 13.7. The molecule has 0 spiro atoms. The van der Waals surface area contributed by atoms with E-state index in [9.17, 15) is 8.78 Å². The van der Waals surface area contributed by atoms with Crippen LogP contribution in [0.5, 0.6) is 5.75 Å². The molecule has 0 unspecified atom stereocenters. The molecule has 0 aliphatic rings. The van der Waals surface area contributed by atoms with Crippen LogP contribution < -0.4 is 15.4 Å². The Morgan fingerprint density at radius 2 is 1.76 bits per heavy atom. The van der Waals surface area contributed by atoms with Crippen molar-refractivity contribution in [3.63, 3.8) is 0 Å². The van der Waals surface area contributed by atoms with Gasteiger partial charge < -0.3 is 15.4 Å². The van der Waals surface area contributed by atoms with Gasteiger partial charge in [-0.15, -0.1) is 5.10 Å². The molecule has 1 aromatic heterocycles. The van der Waals surface area contributed by atoms with E-state index in [1.54, 1.807) is 0 Å². The second kappa shape index (κ2) is 7.52. The molecule has 128 valence electrons. The number of rotatable bonds is 6. The number of nitrogens with zero attached hydrogens (tertiary/aromatic N) is 3. The fourth-order valence-electron chi connectivity index (χ4n) is 2.14. The third-order valence-corrected chi connectivity index (χ3v) is 3.21. The van der Waals surface area contributed by atoms with Crippen LogP contribution in [-0.2, 0) is 0 Å². The molecule has 0 fully saturated rings. The van der Waals surface area contributed by atoms with E-state index in [0.717, 1.165) is 12.1 Å². The molecule has 8 heteroatoms. The second-order valence-electron chi connectivity index (χ2n) is 4.94. The molecule has 25 heavy (non-hydrogen) atoms. The largest absolute Gasteiger partial charge is 0.492 e. The van der Waals surface area contributed by atoms with E-state index in [0.29, 0.717) is 23.9 Å². The Kier molecular flexibility index (Phi) is 4.98. The molecule has 3 rings (SSSR count). The summed E-state index contributed by atoms with van der Waals surface area (Å²) in [6, 6.07) is 10.9. The minimum atomic E-state index is -0.747. The normalized spacial score (nSPS) is 10.4. The molecule has 0 radical (unpaired) electrons. The molecule has 2 aromatic carbocycles. The molecule has 0 bridgehead atoms. The van der Waals surface area contributed by atoms with Gasteiger partial charge in [0.15, 0.2) is 5.82 Å². The average molecular weight is 343 g/mol. The van der Waals surface area contributed by atoms with E-state index >= 15 is 0 Å². The molecule has 2 N–H and O–H groups in total. The summed E-state index contributed by atoms with van der Waals surface area (Å²) in [6.45, 7) is 2.40. The van der Waals surface area contributed by atoms with Crippen molar-refractivity contribution in [2.24, 2.45) is 0 Å². The zero-order chi connectivity index (χ0) is 17.6. The standard InChI is InChI=1S/C17H15F2N5O/c1-2-25-14-9-4-3-8-13(14)21-15-10-20-24-17(22-15)23-16-11(18)6-5-7-12(16)19/h3-10H,2H2,1H3,(H2,21,22,23,24). The van der Waals surface area contributed by atoms with Gasteiger partial charge in [-0.05, 0) is 31.2 Å². The van der Waals surface area contributed by atoms with Crippen LogP contribution in [0.1, 0.15) is 6.92 Å². The Labute approximate surface area is 142 Å². The highest BCUT2D eigenvalue weighted by atomic mass is 19.1. The van der Waals surface area contributed by atoms with Crippen LogP contribution in [0.4, 0.5) is 31.9 Å². The van der Waals surface area contributed by atoms with Crippen molar-refractivity contribution in [2.75, 3.05) is 17.2 Å². The van der Waals surface area contributed by atoms with Crippen molar-refractivity contribution in [3.05, 3.63) is 60.3 Å². The highest BCUT2D eigenvalue weighted by Gasteiger charge is 2.11. The topological polar surface area (TPSA) is 72.0 Å². The molecule has 0 aliphatic heterocycles. The van der Waals surface area contributed by atoms with Gasteiger partial charge >= 0.3 is 0 Å². The molecule has 0 saturated carbocycles. The Hall–Kier alpha value is -3.29. The van der Waals surface area contributed by atoms with Crippen LogP contribution in [0.3, 0.4) is 0 Å². The predicted molar refractivity (Wildman–Crippen MR) is 90.4 cm³/mol. The smallest absolute Gasteiger partial charge is 0.249 e. The van der Waals surface area contributed by atoms with Crippen LogP contribution in [0.15, 0.2) is 48.7 Å². The zero-order valence-electron chi connectivity index (χ0n) is 13.3. The summed E-state index contributed by atoms with van der Waals surface area (Å²) in [4.78, 5) is 4.16. The van der Waals surface area contributed by atoms with Gasteiger partial charge in [0.1, 0.15) is 23.1 Å². The third kappa shape index (κ3) is 3.97. The number of ether oxygens (including phenoxy) is 1. The van der Waals surface area contributed by atoms with Crippen LogP contribution in [0, 0.1) is 11.6 Å². The van der Waals surface area contributed by atoms with Gasteiger partial charge in [0.25, 0.3) is 0 Å². The fraction of sp³-hybridized carbons (Fsp3) is 0.118. The van der Waals surface area contributed by atoms with Crippen molar-refractivity contribution in [1.29, 1.82) is 0 Å². The van der Waals surface area contributed by atoms with Gasteiger partial charge in [-0.1, -0.05) is 18.2 Å². The first kappa shape index (κ1) is 16.6. The minimum absolute atomic E-state index is 0.0390. The van der Waals surface area contributed by atoms with E-state index in [1.807, 2.05) is 31.2 Å². The number of anilines is 4. The first-order valence-electron chi connectivity index (χ1n) is 7.57. The Balaban J connectivity index is 1.83. The third-order valence-electron chi connectivity index (χ3n) is 3.21. The lowest BCUT2D eigenvalue weighted by Gasteiger charge is -2.12. The van der Waals surface area contributed by atoms with E-state index in [4.69, 9.17) is 4.74 Å². The summed E-state index contributed by atoms with van der Waals surface area (Å²) >= 11 is 0. The minimum Gasteiger partial charge on any atom is -0.492 e. The molecule has 6 nitrogen and oxygen atoms in total. The molecule has 1 heterocycles. The van der Waals surface area contributed by atoms with Crippen molar-refractivity contribution < 1.29 is 13.5 Å². The number of hydrogen-bond acceptors (Lipinski definition) is 6. The molecule has 0 amide bonds. The van der Waals surface area contributed by atoms with E-state index in [2.05, 4.69) is 25.8 Å². The molecule has 0 saturated heterocycles. The maximum atomic E-state index is 13.7. The summed E-state index contributed by atoms with van der Waals surface area (Å²) < 4.78 is 32.9. The number of benzene rings is 2. The quantitative estimate of drug-likeness (QED) is 0.704. The van der Waals surface area contributed by atoms with Gasteiger partial charge in [-0.2, -0.15) is 10.1 Å². The summed E-state index contributed by atoms with van der Waals surface area (Å²) in [5.41, 5.74) is 0.351. The highest BCUT2D eigenvalue weighted by molar-refractivity contribution is 5.64. The van der Waals surface area contributed by atoms with Crippen LogP contribution >= 0.6 is 0 Å². The van der Waals surface area contributed by atoms with Gasteiger partial charge in [-0.3, -0.25) is 0 Å². The van der Waals surface area contributed by atoms with Gasteiger partial charge in [0.2, 0.25) is 5.95 Å². The highest BCUT2D eigenvalue weighted by Crippen LogP contribution is 2.27. The molecular weight excluding hydrogens is 328 g/mol. The summed E-state index contributed by atoms with van der Waals surface area (Å²) in [5.74, 6) is -0.533. The Bertz CT molecular complexity index is 855. The average Bonchev–Trinajstić information content (AvgIpc) is 2.61. The molecule has 0 aliphatic carbocycles. The molecular formula is C17H15F2N5O. The molecule has 3 aromatic rings. The summed E-state index contributed by atoms with van der Waals surface area (Å²) in [7, 11) is 0. The number of aromatic nitrogens is 3. The lowest BCUT2D eigenvalue weighted by atomic mass is 10.3. The van der Waals surface area contributed by atoms with Crippen LogP contribution in [0.2, 0.25) is 0 Å². The Morgan fingerprint density at radius 1 is 1.00 bits per heavy atom. The van der Waals surface area contributed by atoms with Gasteiger partial charge in [0.05, 0.1) is 18.5 Å². The lowest BCUT2D eigenvalue weighted by Crippen LogP contribution is -2.05. The number of halogens is 2. The molecule has 0 atom stereocenters. The van der Waals surface area contributed by atoms with Crippen LogP contribution in [0.25, 0.3) is 0 Å². The van der Waals surface area contributed by atoms with Crippen LogP contribution in [-0.4, -0.2) is 21.8 Å². The van der Waals surface area contributed by atoms with Gasteiger partial charge in [-0.25, -0.2) is 8.78 Å². The monoisotopic (exact) mass is 343 g/mol. The number of hydrogen-bond donors (Lipinski definition) is 2. The number of para-hydroxylation sites is 3. The fourth-order valence-corrected chi connectivity index (χ4v) is 2.14. The first-order valence-corrected chi connectivity index (χ1v) is 7.57. The van der Waals surface area contributed by atoms with Crippen molar-refractivity contribution in [1.82, 2.24) is 15.2 Å².